The molecule has 194 valence electrons. The number of nitrogens with one attached hydrogen (secondary N) is 1. The van der Waals surface area contributed by atoms with E-state index >= 15 is 0 Å². The molecule has 0 saturated carbocycles. The predicted molar refractivity (Wildman–Crippen MR) is 137 cm³/mol. The van der Waals surface area contributed by atoms with Crippen LogP contribution in [-0.2, 0) is 14.3 Å². The molecule has 1 heterocycles. The standard InChI is InChI=1S/C27H26F2N2O5S/c1-15(31-26(37)24-25(36-17(3)32)22(34-4)13-14-30-24)27(33)35-16(2)23(18-5-9-20(28)10-6-18)19-7-11-21(29)12-8-19/h5-16,23H,1-4H3,(H,31,37)/t15-,16+/m0/s1. The van der Waals surface area contributed by atoms with Gasteiger partial charge >= 0.3 is 11.9 Å². The van der Waals surface area contributed by atoms with E-state index in [0.29, 0.717) is 11.1 Å². The maximum Gasteiger partial charge on any atom is 0.328 e. The van der Waals surface area contributed by atoms with Crippen LogP contribution in [0.4, 0.5) is 8.78 Å². The van der Waals surface area contributed by atoms with Gasteiger partial charge in [-0.05, 0) is 49.2 Å². The molecule has 0 saturated heterocycles. The molecule has 0 unspecified atom stereocenters. The number of pyridine rings is 1. The molecule has 37 heavy (non-hydrogen) atoms. The Balaban J connectivity index is 1.78. The first-order valence-electron chi connectivity index (χ1n) is 11.3. The van der Waals surface area contributed by atoms with Crippen molar-refractivity contribution in [2.75, 3.05) is 7.11 Å². The molecule has 0 amide bonds. The van der Waals surface area contributed by atoms with Crippen LogP contribution in [0, 0.1) is 11.6 Å². The average Bonchev–Trinajstić information content (AvgIpc) is 2.86. The van der Waals surface area contributed by atoms with Gasteiger partial charge < -0.3 is 19.5 Å². The molecule has 3 rings (SSSR count). The lowest BCUT2D eigenvalue weighted by atomic mass is 9.87. The number of rotatable bonds is 9. The topological polar surface area (TPSA) is 86.8 Å². The summed E-state index contributed by atoms with van der Waals surface area (Å²) in [5.74, 6) is -2.25. The quantitative estimate of drug-likeness (QED) is 0.316. The number of hydrogen-bond acceptors (Lipinski definition) is 7. The first kappa shape index (κ1) is 27.7. The van der Waals surface area contributed by atoms with Gasteiger partial charge in [0.25, 0.3) is 0 Å². The zero-order valence-electron chi connectivity index (χ0n) is 20.7. The van der Waals surface area contributed by atoms with Crippen molar-refractivity contribution in [3.8, 4) is 11.5 Å². The van der Waals surface area contributed by atoms with Crippen molar-refractivity contribution >= 4 is 29.1 Å². The van der Waals surface area contributed by atoms with E-state index in [1.54, 1.807) is 38.1 Å². The van der Waals surface area contributed by atoms with E-state index in [4.69, 9.17) is 26.4 Å². The summed E-state index contributed by atoms with van der Waals surface area (Å²) in [7, 11) is 1.41. The molecular formula is C27H26F2N2O5S. The minimum atomic E-state index is -0.907. The summed E-state index contributed by atoms with van der Waals surface area (Å²) >= 11 is 5.41. The third kappa shape index (κ3) is 7.07. The third-order valence-corrected chi connectivity index (χ3v) is 5.79. The molecule has 0 aliphatic carbocycles. The highest BCUT2D eigenvalue weighted by Gasteiger charge is 2.28. The van der Waals surface area contributed by atoms with Crippen LogP contribution in [0.25, 0.3) is 0 Å². The number of nitrogens with zero attached hydrogens (tertiary/aromatic N) is 1. The average molecular weight is 529 g/mol. The van der Waals surface area contributed by atoms with Gasteiger partial charge in [-0.1, -0.05) is 36.5 Å². The first-order chi connectivity index (χ1) is 17.6. The third-order valence-electron chi connectivity index (χ3n) is 5.48. The van der Waals surface area contributed by atoms with Gasteiger partial charge in [0.05, 0.1) is 7.11 Å². The van der Waals surface area contributed by atoms with Gasteiger partial charge in [-0.15, -0.1) is 0 Å². The van der Waals surface area contributed by atoms with Crippen LogP contribution < -0.4 is 14.8 Å². The minimum absolute atomic E-state index is 0.0246. The van der Waals surface area contributed by atoms with Crippen LogP contribution in [-0.4, -0.2) is 41.2 Å². The van der Waals surface area contributed by atoms with Gasteiger partial charge in [-0.25, -0.2) is 18.6 Å². The molecule has 3 aromatic rings. The predicted octanol–water partition coefficient (Wildman–Crippen LogP) is 4.71. The number of methoxy groups -OCH3 is 1. The van der Waals surface area contributed by atoms with Crippen LogP contribution in [0.2, 0.25) is 0 Å². The highest BCUT2D eigenvalue weighted by atomic mass is 32.1. The van der Waals surface area contributed by atoms with Crippen molar-refractivity contribution in [2.45, 2.75) is 38.8 Å². The van der Waals surface area contributed by atoms with Crippen LogP contribution in [0.5, 0.6) is 11.5 Å². The number of benzene rings is 2. The van der Waals surface area contributed by atoms with E-state index in [2.05, 4.69) is 10.3 Å². The number of halogens is 2. The summed E-state index contributed by atoms with van der Waals surface area (Å²) in [6, 6.07) is 12.2. The van der Waals surface area contributed by atoms with Crippen molar-refractivity contribution in [1.29, 1.82) is 0 Å². The van der Waals surface area contributed by atoms with Crippen LogP contribution in [0.1, 0.15) is 43.5 Å². The number of carbonyl (C=O) groups is 2. The lowest BCUT2D eigenvalue weighted by Gasteiger charge is -2.27. The number of esters is 2. The fraction of sp³-hybridized carbons (Fsp3) is 0.259. The van der Waals surface area contributed by atoms with E-state index < -0.39 is 41.6 Å². The van der Waals surface area contributed by atoms with Gasteiger partial charge in [0.1, 0.15) is 34.5 Å². The fourth-order valence-corrected chi connectivity index (χ4v) is 4.07. The van der Waals surface area contributed by atoms with Crippen molar-refractivity contribution in [2.24, 2.45) is 0 Å². The van der Waals surface area contributed by atoms with Gasteiger partial charge in [0.2, 0.25) is 5.75 Å². The summed E-state index contributed by atoms with van der Waals surface area (Å²) in [6.45, 7) is 4.48. The van der Waals surface area contributed by atoms with Crippen molar-refractivity contribution < 1.29 is 32.6 Å². The van der Waals surface area contributed by atoms with Gasteiger partial charge in [-0.2, -0.15) is 0 Å². The van der Waals surface area contributed by atoms with Crippen molar-refractivity contribution in [3.05, 3.63) is 89.2 Å². The van der Waals surface area contributed by atoms with E-state index in [-0.39, 0.29) is 22.2 Å². The molecular weight excluding hydrogens is 502 g/mol. The Morgan fingerprint density at radius 1 is 0.946 bits per heavy atom. The molecule has 0 radical (unpaired) electrons. The lowest BCUT2D eigenvalue weighted by Crippen LogP contribution is -2.41. The molecule has 2 atom stereocenters. The molecule has 10 heteroatoms. The Morgan fingerprint density at radius 3 is 1.97 bits per heavy atom. The monoisotopic (exact) mass is 528 g/mol. The second kappa shape index (κ2) is 12.4. The second-order valence-corrected chi connectivity index (χ2v) is 8.61. The maximum atomic E-state index is 13.5. The normalized spacial score (nSPS) is 12.4. The zero-order valence-corrected chi connectivity index (χ0v) is 21.5. The molecule has 0 fully saturated rings. The Morgan fingerprint density at radius 2 is 1.49 bits per heavy atom. The number of carbonyl (C=O) groups excluding carboxylic acids is 2. The van der Waals surface area contributed by atoms with Gasteiger partial charge in [0.15, 0.2) is 5.75 Å². The zero-order chi connectivity index (χ0) is 27.1. The van der Waals surface area contributed by atoms with Crippen LogP contribution in [0.3, 0.4) is 0 Å². The summed E-state index contributed by atoms with van der Waals surface area (Å²) in [4.78, 5) is 28.7. The molecule has 0 aliphatic heterocycles. The number of hydrogen-bond donors (Lipinski definition) is 1. The molecule has 0 aliphatic rings. The summed E-state index contributed by atoms with van der Waals surface area (Å²) < 4.78 is 43.3. The van der Waals surface area contributed by atoms with E-state index in [1.807, 2.05) is 0 Å². The Kier molecular flexibility index (Phi) is 9.24. The smallest absolute Gasteiger partial charge is 0.328 e. The number of thiocarbonyl (C=S) groups is 1. The SMILES string of the molecule is COc1ccnc(C(=S)N[C@@H](C)C(=O)O[C@H](C)C(c2ccc(F)cc2)c2ccc(F)cc2)c1OC(C)=O. The van der Waals surface area contributed by atoms with Gasteiger partial charge in [-0.3, -0.25) is 4.79 Å². The summed E-state index contributed by atoms with van der Waals surface area (Å²) in [6.07, 6.45) is 0.726. The molecule has 2 aromatic carbocycles. The second-order valence-electron chi connectivity index (χ2n) is 8.20. The molecule has 0 bridgehead atoms. The first-order valence-corrected chi connectivity index (χ1v) is 11.7. The molecule has 1 aromatic heterocycles. The molecule has 7 nitrogen and oxygen atoms in total. The summed E-state index contributed by atoms with van der Waals surface area (Å²) in [5, 5.41) is 2.85. The molecule has 1 N–H and O–H groups in total. The van der Waals surface area contributed by atoms with Gasteiger partial charge in [0, 0.05) is 25.1 Å². The van der Waals surface area contributed by atoms with Crippen LogP contribution in [0.15, 0.2) is 60.8 Å². The highest BCUT2D eigenvalue weighted by molar-refractivity contribution is 7.80. The Bertz CT molecular complexity index is 1220. The van der Waals surface area contributed by atoms with E-state index in [1.165, 1.54) is 50.6 Å². The minimum Gasteiger partial charge on any atom is -0.493 e. The fourth-order valence-electron chi connectivity index (χ4n) is 3.75. The maximum absolute atomic E-state index is 13.5. The Hall–Kier alpha value is -3.92. The summed E-state index contributed by atoms with van der Waals surface area (Å²) in [5.41, 5.74) is 1.50. The van der Waals surface area contributed by atoms with Crippen LogP contribution >= 0.6 is 12.2 Å². The lowest BCUT2D eigenvalue weighted by molar-refractivity contribution is -0.150. The number of aromatic nitrogens is 1. The highest BCUT2D eigenvalue weighted by Crippen LogP contribution is 2.31. The largest absolute Gasteiger partial charge is 0.493 e. The molecule has 0 spiro atoms. The van der Waals surface area contributed by atoms with E-state index in [9.17, 15) is 18.4 Å². The van der Waals surface area contributed by atoms with E-state index in [0.717, 1.165) is 0 Å². The Labute approximate surface area is 218 Å². The number of ether oxygens (including phenoxy) is 3. The van der Waals surface area contributed by atoms with Crippen molar-refractivity contribution in [1.82, 2.24) is 10.3 Å². The van der Waals surface area contributed by atoms with Crippen molar-refractivity contribution in [3.63, 3.8) is 0 Å².